The highest BCUT2D eigenvalue weighted by molar-refractivity contribution is 7.80. The molecule has 0 saturated carbocycles. The zero-order chi connectivity index (χ0) is 14.4. The van der Waals surface area contributed by atoms with Crippen LogP contribution in [0.15, 0.2) is 24.3 Å². The Kier molecular flexibility index (Phi) is 5.47. The number of phenolic OH excluding ortho intramolecular Hbond substituents is 1. The zero-order valence-electron chi connectivity index (χ0n) is 12.0. The SMILES string of the molecule is CCCCNC(=S)N1CCN(c2ccccc2O)CC1. The lowest BCUT2D eigenvalue weighted by Crippen LogP contribution is -2.51. The lowest BCUT2D eigenvalue weighted by atomic mass is 10.2. The number of hydrogen-bond acceptors (Lipinski definition) is 3. The Balaban J connectivity index is 1.83. The molecule has 1 saturated heterocycles. The number of piperazine rings is 1. The summed E-state index contributed by atoms with van der Waals surface area (Å²) < 4.78 is 0. The number of nitrogens with zero attached hydrogens (tertiary/aromatic N) is 2. The van der Waals surface area contributed by atoms with E-state index in [4.69, 9.17) is 12.2 Å². The Morgan fingerprint density at radius 3 is 2.60 bits per heavy atom. The van der Waals surface area contributed by atoms with Gasteiger partial charge in [-0.1, -0.05) is 25.5 Å². The van der Waals surface area contributed by atoms with Gasteiger partial charge in [0, 0.05) is 32.7 Å². The highest BCUT2D eigenvalue weighted by Crippen LogP contribution is 2.27. The molecule has 1 heterocycles. The first-order valence-electron chi connectivity index (χ1n) is 7.28. The number of phenols is 1. The van der Waals surface area contributed by atoms with Gasteiger partial charge in [0.25, 0.3) is 0 Å². The van der Waals surface area contributed by atoms with Gasteiger partial charge >= 0.3 is 0 Å². The summed E-state index contributed by atoms with van der Waals surface area (Å²) >= 11 is 5.42. The summed E-state index contributed by atoms with van der Waals surface area (Å²) in [6, 6.07) is 7.50. The second kappa shape index (κ2) is 7.33. The quantitative estimate of drug-likeness (QED) is 0.658. The van der Waals surface area contributed by atoms with Gasteiger partial charge in [0.1, 0.15) is 5.75 Å². The molecule has 0 bridgehead atoms. The minimum atomic E-state index is 0.351. The van der Waals surface area contributed by atoms with Crippen LogP contribution in [0.2, 0.25) is 0 Å². The van der Waals surface area contributed by atoms with E-state index in [2.05, 4.69) is 22.0 Å². The number of para-hydroxylation sites is 2. The molecule has 1 aliphatic rings. The third-order valence-corrected chi connectivity index (χ3v) is 4.00. The van der Waals surface area contributed by atoms with Crippen molar-refractivity contribution in [2.45, 2.75) is 19.8 Å². The number of thiocarbonyl (C=S) groups is 1. The normalized spacial score (nSPS) is 15.2. The third-order valence-electron chi connectivity index (χ3n) is 3.60. The van der Waals surface area contributed by atoms with Gasteiger partial charge in [-0.05, 0) is 30.8 Å². The van der Waals surface area contributed by atoms with Gasteiger partial charge in [0.05, 0.1) is 5.69 Å². The van der Waals surface area contributed by atoms with Gasteiger partial charge < -0.3 is 20.2 Å². The van der Waals surface area contributed by atoms with E-state index in [0.29, 0.717) is 5.75 Å². The van der Waals surface area contributed by atoms with Crippen LogP contribution in [0.1, 0.15) is 19.8 Å². The van der Waals surface area contributed by atoms with Crippen LogP contribution in [-0.2, 0) is 0 Å². The Bertz CT molecular complexity index is 444. The fourth-order valence-corrected chi connectivity index (χ4v) is 2.65. The highest BCUT2D eigenvalue weighted by atomic mass is 32.1. The van der Waals surface area contributed by atoms with Crippen molar-refractivity contribution in [2.24, 2.45) is 0 Å². The van der Waals surface area contributed by atoms with Crippen molar-refractivity contribution in [1.82, 2.24) is 10.2 Å². The number of rotatable bonds is 4. The first kappa shape index (κ1) is 14.9. The predicted octanol–water partition coefficient (Wildman–Crippen LogP) is 2.19. The van der Waals surface area contributed by atoms with Crippen LogP contribution >= 0.6 is 12.2 Å². The number of aromatic hydroxyl groups is 1. The van der Waals surface area contributed by atoms with E-state index < -0.39 is 0 Å². The van der Waals surface area contributed by atoms with E-state index in [1.165, 1.54) is 6.42 Å². The molecule has 110 valence electrons. The molecule has 5 heteroatoms. The van der Waals surface area contributed by atoms with E-state index in [-0.39, 0.29) is 0 Å². The smallest absolute Gasteiger partial charge is 0.169 e. The van der Waals surface area contributed by atoms with E-state index in [9.17, 15) is 5.11 Å². The van der Waals surface area contributed by atoms with Crippen molar-refractivity contribution in [3.8, 4) is 5.75 Å². The number of hydrogen-bond donors (Lipinski definition) is 2. The van der Waals surface area contributed by atoms with Crippen molar-refractivity contribution in [2.75, 3.05) is 37.6 Å². The molecule has 0 atom stereocenters. The summed E-state index contributed by atoms with van der Waals surface area (Å²) in [6.45, 7) is 6.68. The van der Waals surface area contributed by atoms with Crippen LogP contribution in [0.3, 0.4) is 0 Å². The third kappa shape index (κ3) is 3.76. The highest BCUT2D eigenvalue weighted by Gasteiger charge is 2.20. The topological polar surface area (TPSA) is 38.7 Å². The first-order chi connectivity index (χ1) is 9.72. The van der Waals surface area contributed by atoms with E-state index in [0.717, 1.165) is 49.9 Å². The summed E-state index contributed by atoms with van der Waals surface area (Å²) in [5, 5.41) is 14.1. The number of nitrogens with one attached hydrogen (secondary N) is 1. The van der Waals surface area contributed by atoms with Crippen LogP contribution in [0, 0.1) is 0 Å². The van der Waals surface area contributed by atoms with Crippen molar-refractivity contribution in [3.63, 3.8) is 0 Å². The van der Waals surface area contributed by atoms with E-state index in [1.807, 2.05) is 18.2 Å². The van der Waals surface area contributed by atoms with Crippen LogP contribution in [-0.4, -0.2) is 47.8 Å². The minimum Gasteiger partial charge on any atom is -0.506 e. The molecule has 0 aromatic heterocycles. The second-order valence-corrected chi connectivity index (χ2v) is 5.43. The number of benzene rings is 1. The Morgan fingerprint density at radius 1 is 1.25 bits per heavy atom. The van der Waals surface area contributed by atoms with Crippen LogP contribution in [0.5, 0.6) is 5.75 Å². The van der Waals surface area contributed by atoms with Crippen LogP contribution in [0.4, 0.5) is 5.69 Å². The molecule has 1 aromatic rings. The Labute approximate surface area is 126 Å². The van der Waals surface area contributed by atoms with Gasteiger partial charge in [-0.3, -0.25) is 0 Å². The summed E-state index contributed by atoms with van der Waals surface area (Å²) in [6.07, 6.45) is 2.33. The lowest BCUT2D eigenvalue weighted by Gasteiger charge is -2.37. The monoisotopic (exact) mass is 293 g/mol. The molecule has 0 radical (unpaired) electrons. The van der Waals surface area contributed by atoms with Gasteiger partial charge in [-0.2, -0.15) is 0 Å². The first-order valence-corrected chi connectivity index (χ1v) is 7.69. The molecule has 1 aromatic carbocycles. The largest absolute Gasteiger partial charge is 0.506 e. The summed E-state index contributed by atoms with van der Waals surface area (Å²) in [5.74, 6) is 0.351. The van der Waals surface area contributed by atoms with Gasteiger partial charge in [-0.25, -0.2) is 0 Å². The molecule has 1 aliphatic heterocycles. The van der Waals surface area contributed by atoms with Gasteiger partial charge in [0.2, 0.25) is 0 Å². The Hall–Kier alpha value is -1.49. The lowest BCUT2D eigenvalue weighted by molar-refractivity contribution is 0.377. The Morgan fingerprint density at radius 2 is 1.95 bits per heavy atom. The number of anilines is 1. The molecular formula is C15H23N3OS. The molecule has 0 amide bonds. The molecule has 0 spiro atoms. The molecule has 2 N–H and O–H groups in total. The average molecular weight is 293 g/mol. The van der Waals surface area contributed by atoms with Crippen molar-refractivity contribution < 1.29 is 5.11 Å². The van der Waals surface area contributed by atoms with Crippen LogP contribution in [0.25, 0.3) is 0 Å². The summed E-state index contributed by atoms with van der Waals surface area (Å²) in [7, 11) is 0. The fourth-order valence-electron chi connectivity index (χ4n) is 2.37. The molecule has 0 unspecified atom stereocenters. The maximum atomic E-state index is 9.89. The summed E-state index contributed by atoms with van der Waals surface area (Å²) in [4.78, 5) is 4.42. The standard InChI is InChI=1S/C15H23N3OS/c1-2-3-8-16-15(20)18-11-9-17(10-12-18)13-6-4-5-7-14(13)19/h4-7,19H,2-3,8-12H2,1H3,(H,16,20). The van der Waals surface area contributed by atoms with Crippen LogP contribution < -0.4 is 10.2 Å². The predicted molar refractivity (Wildman–Crippen MR) is 87.4 cm³/mol. The molecular weight excluding hydrogens is 270 g/mol. The fraction of sp³-hybridized carbons (Fsp3) is 0.533. The molecule has 20 heavy (non-hydrogen) atoms. The van der Waals surface area contributed by atoms with Crippen molar-refractivity contribution in [3.05, 3.63) is 24.3 Å². The zero-order valence-corrected chi connectivity index (χ0v) is 12.8. The number of unbranched alkanes of at least 4 members (excludes halogenated alkanes) is 1. The average Bonchev–Trinajstić information content (AvgIpc) is 2.48. The maximum absolute atomic E-state index is 9.89. The maximum Gasteiger partial charge on any atom is 0.169 e. The molecule has 2 rings (SSSR count). The van der Waals surface area contributed by atoms with Crippen molar-refractivity contribution >= 4 is 23.0 Å². The molecule has 1 fully saturated rings. The second-order valence-electron chi connectivity index (χ2n) is 5.05. The summed E-state index contributed by atoms with van der Waals surface area (Å²) in [5.41, 5.74) is 0.914. The van der Waals surface area contributed by atoms with Crippen molar-refractivity contribution in [1.29, 1.82) is 0 Å². The molecule has 0 aliphatic carbocycles. The van der Waals surface area contributed by atoms with E-state index in [1.54, 1.807) is 6.07 Å². The van der Waals surface area contributed by atoms with Gasteiger partial charge in [-0.15, -0.1) is 0 Å². The van der Waals surface area contributed by atoms with Gasteiger partial charge in [0.15, 0.2) is 5.11 Å². The van der Waals surface area contributed by atoms with E-state index >= 15 is 0 Å². The molecule has 4 nitrogen and oxygen atoms in total. The minimum absolute atomic E-state index is 0.351.